The van der Waals surface area contributed by atoms with Gasteiger partial charge in [0.15, 0.2) is 0 Å². The third-order valence-electron chi connectivity index (χ3n) is 1.90. The Hall–Kier alpha value is -1.91. The van der Waals surface area contributed by atoms with Crippen LogP contribution < -0.4 is 5.32 Å². The Labute approximate surface area is 87.5 Å². The number of esters is 1. The summed E-state index contributed by atoms with van der Waals surface area (Å²) < 4.78 is 4.28. The van der Waals surface area contributed by atoms with Crippen molar-refractivity contribution in [2.75, 3.05) is 7.11 Å². The van der Waals surface area contributed by atoms with E-state index in [0.29, 0.717) is 0 Å². The van der Waals surface area contributed by atoms with Gasteiger partial charge in [0.05, 0.1) is 13.2 Å². The molecule has 1 heterocycles. The standard InChI is InChI=1S/C10H12N2O3/c1-7(8-4-3-5-11-6-8)12-9(13)10(14)15-2/h3-7H,1-2H3,(H,12,13). The molecule has 0 aliphatic heterocycles. The lowest BCUT2D eigenvalue weighted by atomic mass is 10.1. The van der Waals surface area contributed by atoms with Crippen molar-refractivity contribution < 1.29 is 14.3 Å². The van der Waals surface area contributed by atoms with Crippen molar-refractivity contribution in [2.45, 2.75) is 13.0 Å². The Morgan fingerprint density at radius 1 is 1.53 bits per heavy atom. The van der Waals surface area contributed by atoms with Crippen LogP contribution in [0.15, 0.2) is 24.5 Å². The van der Waals surface area contributed by atoms with E-state index in [2.05, 4.69) is 15.0 Å². The molecule has 5 nitrogen and oxygen atoms in total. The number of ether oxygens (including phenoxy) is 1. The lowest BCUT2D eigenvalue weighted by molar-refractivity contribution is -0.153. The normalized spacial score (nSPS) is 11.6. The van der Waals surface area contributed by atoms with E-state index in [1.165, 1.54) is 0 Å². The van der Waals surface area contributed by atoms with E-state index < -0.39 is 11.9 Å². The molecule has 0 fully saturated rings. The highest BCUT2D eigenvalue weighted by atomic mass is 16.5. The summed E-state index contributed by atoms with van der Waals surface area (Å²) in [6.45, 7) is 1.76. The van der Waals surface area contributed by atoms with Crippen LogP contribution in [0.5, 0.6) is 0 Å². The Kier molecular flexibility index (Phi) is 3.79. The quantitative estimate of drug-likeness (QED) is 0.565. The molecule has 1 N–H and O–H groups in total. The summed E-state index contributed by atoms with van der Waals surface area (Å²) >= 11 is 0. The zero-order chi connectivity index (χ0) is 11.3. The van der Waals surface area contributed by atoms with Crippen molar-refractivity contribution >= 4 is 11.9 Å². The molecule has 0 radical (unpaired) electrons. The number of aromatic nitrogens is 1. The van der Waals surface area contributed by atoms with Crippen LogP contribution in [0.2, 0.25) is 0 Å². The average Bonchev–Trinajstić information content (AvgIpc) is 2.29. The zero-order valence-corrected chi connectivity index (χ0v) is 8.56. The Balaban J connectivity index is 2.60. The van der Waals surface area contributed by atoms with Gasteiger partial charge in [-0.3, -0.25) is 9.78 Å². The molecule has 0 aromatic carbocycles. The summed E-state index contributed by atoms with van der Waals surface area (Å²) in [5.74, 6) is -1.65. The summed E-state index contributed by atoms with van der Waals surface area (Å²) in [6.07, 6.45) is 3.26. The minimum Gasteiger partial charge on any atom is -0.462 e. The maximum atomic E-state index is 11.2. The Morgan fingerprint density at radius 3 is 2.80 bits per heavy atom. The Morgan fingerprint density at radius 2 is 2.27 bits per heavy atom. The SMILES string of the molecule is COC(=O)C(=O)NC(C)c1cccnc1. The highest BCUT2D eigenvalue weighted by molar-refractivity contribution is 6.32. The highest BCUT2D eigenvalue weighted by Crippen LogP contribution is 2.09. The van der Waals surface area contributed by atoms with Crippen LogP contribution in [0.1, 0.15) is 18.5 Å². The second-order valence-electron chi connectivity index (χ2n) is 2.97. The average molecular weight is 208 g/mol. The number of pyridine rings is 1. The first-order valence-corrected chi connectivity index (χ1v) is 4.44. The van der Waals surface area contributed by atoms with Gasteiger partial charge in [-0.1, -0.05) is 6.07 Å². The molecule has 80 valence electrons. The van der Waals surface area contributed by atoms with Crippen LogP contribution in [0.3, 0.4) is 0 Å². The predicted molar refractivity (Wildman–Crippen MR) is 52.8 cm³/mol. The maximum absolute atomic E-state index is 11.2. The zero-order valence-electron chi connectivity index (χ0n) is 8.56. The summed E-state index contributed by atoms with van der Waals surface area (Å²) in [6, 6.07) is 3.30. The van der Waals surface area contributed by atoms with Gasteiger partial charge in [0, 0.05) is 12.4 Å². The summed E-state index contributed by atoms with van der Waals surface area (Å²) in [4.78, 5) is 25.9. The van der Waals surface area contributed by atoms with Gasteiger partial charge in [-0.05, 0) is 18.6 Å². The molecule has 1 unspecified atom stereocenters. The minimum absolute atomic E-state index is 0.273. The predicted octanol–water partition coefficient (Wildman–Crippen LogP) is 0.432. The number of carbonyl (C=O) groups excluding carboxylic acids is 2. The fourth-order valence-electron chi connectivity index (χ4n) is 1.06. The molecule has 1 atom stereocenters. The Bertz CT molecular complexity index is 351. The molecule has 0 bridgehead atoms. The van der Waals surface area contributed by atoms with Crippen molar-refractivity contribution in [2.24, 2.45) is 0 Å². The van der Waals surface area contributed by atoms with E-state index in [1.807, 2.05) is 6.07 Å². The molecule has 5 heteroatoms. The number of methoxy groups -OCH3 is 1. The molecule has 1 amide bonds. The monoisotopic (exact) mass is 208 g/mol. The molecule has 0 spiro atoms. The second kappa shape index (κ2) is 5.09. The molecule has 0 saturated heterocycles. The van der Waals surface area contributed by atoms with Crippen LogP contribution in [0.25, 0.3) is 0 Å². The summed E-state index contributed by atoms with van der Waals surface area (Å²) in [7, 11) is 1.16. The van der Waals surface area contributed by atoms with Gasteiger partial charge < -0.3 is 10.1 Å². The van der Waals surface area contributed by atoms with Crippen molar-refractivity contribution in [1.29, 1.82) is 0 Å². The molecule has 1 aromatic heterocycles. The number of carbonyl (C=O) groups is 2. The maximum Gasteiger partial charge on any atom is 0.396 e. The number of rotatable bonds is 2. The molecule has 0 saturated carbocycles. The van der Waals surface area contributed by atoms with Crippen molar-refractivity contribution in [3.05, 3.63) is 30.1 Å². The summed E-state index contributed by atoms with van der Waals surface area (Å²) in [5, 5.41) is 2.49. The van der Waals surface area contributed by atoms with Crippen LogP contribution in [0.4, 0.5) is 0 Å². The van der Waals surface area contributed by atoms with Gasteiger partial charge >= 0.3 is 11.9 Å². The number of amides is 1. The smallest absolute Gasteiger partial charge is 0.396 e. The summed E-state index contributed by atoms with van der Waals surface area (Å²) in [5.41, 5.74) is 0.828. The third kappa shape index (κ3) is 3.05. The molecule has 1 aromatic rings. The fourth-order valence-corrected chi connectivity index (χ4v) is 1.06. The van der Waals surface area contributed by atoms with Crippen LogP contribution in [-0.4, -0.2) is 24.0 Å². The molecular weight excluding hydrogens is 196 g/mol. The minimum atomic E-state index is -0.897. The molecule has 0 aliphatic rings. The van der Waals surface area contributed by atoms with Gasteiger partial charge in [-0.2, -0.15) is 0 Å². The first-order chi connectivity index (χ1) is 7.15. The first-order valence-electron chi connectivity index (χ1n) is 4.44. The number of nitrogens with one attached hydrogen (secondary N) is 1. The topological polar surface area (TPSA) is 68.3 Å². The van der Waals surface area contributed by atoms with Crippen molar-refractivity contribution in [3.63, 3.8) is 0 Å². The second-order valence-corrected chi connectivity index (χ2v) is 2.97. The molecular formula is C10H12N2O3. The van der Waals surface area contributed by atoms with Gasteiger partial charge in [0.2, 0.25) is 0 Å². The number of hydrogen-bond acceptors (Lipinski definition) is 4. The van der Waals surface area contributed by atoms with Gasteiger partial charge in [-0.25, -0.2) is 4.79 Å². The van der Waals surface area contributed by atoms with Gasteiger partial charge in [0.25, 0.3) is 0 Å². The van der Waals surface area contributed by atoms with Crippen molar-refractivity contribution in [3.8, 4) is 0 Å². The fraction of sp³-hybridized carbons (Fsp3) is 0.300. The molecule has 0 aliphatic carbocycles. The lowest BCUT2D eigenvalue weighted by Crippen LogP contribution is -2.33. The van der Waals surface area contributed by atoms with Crippen LogP contribution in [0, 0.1) is 0 Å². The van der Waals surface area contributed by atoms with E-state index in [4.69, 9.17) is 0 Å². The van der Waals surface area contributed by atoms with Gasteiger partial charge in [0.1, 0.15) is 0 Å². The van der Waals surface area contributed by atoms with E-state index in [-0.39, 0.29) is 6.04 Å². The number of hydrogen-bond donors (Lipinski definition) is 1. The van der Waals surface area contributed by atoms with Crippen LogP contribution >= 0.6 is 0 Å². The van der Waals surface area contributed by atoms with Crippen LogP contribution in [-0.2, 0) is 14.3 Å². The van der Waals surface area contributed by atoms with Gasteiger partial charge in [-0.15, -0.1) is 0 Å². The van der Waals surface area contributed by atoms with E-state index >= 15 is 0 Å². The first kappa shape index (κ1) is 11.2. The van der Waals surface area contributed by atoms with Crippen molar-refractivity contribution in [1.82, 2.24) is 10.3 Å². The number of nitrogens with zero attached hydrogens (tertiary/aromatic N) is 1. The third-order valence-corrected chi connectivity index (χ3v) is 1.90. The van der Waals surface area contributed by atoms with E-state index in [0.717, 1.165) is 12.7 Å². The largest absolute Gasteiger partial charge is 0.462 e. The van der Waals surface area contributed by atoms with E-state index in [9.17, 15) is 9.59 Å². The highest BCUT2D eigenvalue weighted by Gasteiger charge is 2.16. The van der Waals surface area contributed by atoms with E-state index in [1.54, 1.807) is 25.4 Å². The lowest BCUT2D eigenvalue weighted by Gasteiger charge is -2.12. The molecule has 1 rings (SSSR count). The molecule has 15 heavy (non-hydrogen) atoms.